The number of aliphatic imine (C=N–C) groups is 1. The van der Waals surface area contributed by atoms with E-state index in [1.54, 1.807) is 25.5 Å². The Bertz CT molecular complexity index is 710. The minimum atomic E-state index is 0. The Morgan fingerprint density at radius 3 is 2.52 bits per heavy atom. The third-order valence-corrected chi connectivity index (χ3v) is 5.41. The average Bonchev–Trinajstić information content (AvgIpc) is 3.30. The largest absolute Gasteiger partial charge is 0.497 e. The molecule has 1 aliphatic rings. The molecular formula is C18H25IN4OS. The van der Waals surface area contributed by atoms with Crippen molar-refractivity contribution < 1.29 is 4.74 Å². The molecule has 1 heterocycles. The maximum absolute atomic E-state index is 5.24. The van der Waals surface area contributed by atoms with Gasteiger partial charge in [-0.25, -0.2) is 4.98 Å². The molecule has 1 saturated carbocycles. The van der Waals surface area contributed by atoms with Crippen molar-refractivity contribution in [1.29, 1.82) is 0 Å². The van der Waals surface area contributed by atoms with Gasteiger partial charge in [0.1, 0.15) is 10.8 Å². The topological polar surface area (TPSA) is 58.5 Å². The van der Waals surface area contributed by atoms with Crippen LogP contribution in [0, 0.1) is 6.92 Å². The molecule has 1 aliphatic carbocycles. The summed E-state index contributed by atoms with van der Waals surface area (Å²) in [6, 6.07) is 8.41. The van der Waals surface area contributed by atoms with Gasteiger partial charge < -0.3 is 15.4 Å². The summed E-state index contributed by atoms with van der Waals surface area (Å²) in [5, 5.41) is 9.94. The Labute approximate surface area is 170 Å². The highest BCUT2D eigenvalue weighted by Crippen LogP contribution is 2.47. The summed E-state index contributed by atoms with van der Waals surface area (Å²) in [4.78, 5) is 8.78. The highest BCUT2D eigenvalue weighted by Gasteiger charge is 2.44. The van der Waals surface area contributed by atoms with Crippen LogP contribution in [0.2, 0.25) is 0 Å². The second-order valence-corrected chi connectivity index (χ2v) is 7.11. The Balaban J connectivity index is 0.00000225. The molecule has 0 aliphatic heterocycles. The van der Waals surface area contributed by atoms with Crippen LogP contribution in [0.1, 0.15) is 29.1 Å². The Kier molecular flexibility index (Phi) is 7.06. The molecule has 1 aromatic heterocycles. The highest BCUT2D eigenvalue weighted by atomic mass is 127. The van der Waals surface area contributed by atoms with Gasteiger partial charge in [-0.2, -0.15) is 0 Å². The standard InChI is InChI=1S/C18H24N4OS.HI/c1-13-11-24-16(22-13)10-20-17(19-2)21-12-18(8-9-18)14-4-6-15(23-3)7-5-14;/h4-7,11H,8-10,12H2,1-3H3,(H2,19,20,21);1H. The first-order chi connectivity index (χ1) is 11.6. The molecule has 0 radical (unpaired) electrons. The fraction of sp³-hybridized carbons (Fsp3) is 0.444. The molecule has 25 heavy (non-hydrogen) atoms. The number of benzene rings is 1. The number of aromatic nitrogens is 1. The molecule has 0 saturated heterocycles. The van der Waals surface area contributed by atoms with Gasteiger partial charge in [0.15, 0.2) is 5.96 Å². The quantitative estimate of drug-likeness (QED) is 0.384. The van der Waals surface area contributed by atoms with Gasteiger partial charge in [0, 0.05) is 30.1 Å². The van der Waals surface area contributed by atoms with Crippen molar-refractivity contribution in [1.82, 2.24) is 15.6 Å². The van der Waals surface area contributed by atoms with E-state index in [4.69, 9.17) is 4.74 Å². The normalized spacial score (nSPS) is 15.2. The molecule has 0 atom stereocenters. The van der Waals surface area contributed by atoms with Gasteiger partial charge in [-0.1, -0.05) is 12.1 Å². The van der Waals surface area contributed by atoms with Crippen LogP contribution in [-0.4, -0.2) is 31.6 Å². The van der Waals surface area contributed by atoms with E-state index in [1.165, 1.54) is 18.4 Å². The summed E-state index contributed by atoms with van der Waals surface area (Å²) < 4.78 is 5.24. The lowest BCUT2D eigenvalue weighted by atomic mass is 9.96. The van der Waals surface area contributed by atoms with Crippen molar-refractivity contribution in [3.05, 3.63) is 45.9 Å². The number of thiazole rings is 1. The predicted octanol–water partition coefficient (Wildman–Crippen LogP) is 3.47. The number of aryl methyl sites for hydroxylation is 1. The van der Waals surface area contributed by atoms with Crippen LogP contribution in [0.15, 0.2) is 34.6 Å². The lowest BCUT2D eigenvalue weighted by Gasteiger charge is -2.19. The van der Waals surface area contributed by atoms with E-state index in [0.29, 0.717) is 6.54 Å². The number of guanidine groups is 1. The van der Waals surface area contributed by atoms with Gasteiger partial charge in [-0.05, 0) is 37.5 Å². The van der Waals surface area contributed by atoms with Crippen molar-refractivity contribution in [2.24, 2.45) is 4.99 Å². The summed E-state index contributed by atoms with van der Waals surface area (Å²) in [6.07, 6.45) is 2.41. The minimum absolute atomic E-state index is 0. The molecule has 2 N–H and O–H groups in total. The highest BCUT2D eigenvalue weighted by molar-refractivity contribution is 14.0. The van der Waals surface area contributed by atoms with Gasteiger partial charge in [0.2, 0.25) is 0 Å². The van der Waals surface area contributed by atoms with Crippen LogP contribution >= 0.6 is 35.3 Å². The number of hydrogen-bond acceptors (Lipinski definition) is 4. The molecule has 136 valence electrons. The molecule has 1 fully saturated rings. The average molecular weight is 472 g/mol. The first kappa shape index (κ1) is 20.0. The monoisotopic (exact) mass is 472 g/mol. The summed E-state index contributed by atoms with van der Waals surface area (Å²) in [6.45, 7) is 3.60. The predicted molar refractivity (Wildman–Crippen MR) is 114 cm³/mol. The van der Waals surface area contributed by atoms with Gasteiger partial charge in [-0.3, -0.25) is 4.99 Å². The fourth-order valence-corrected chi connectivity index (χ4v) is 3.49. The Morgan fingerprint density at radius 2 is 2.00 bits per heavy atom. The van der Waals surface area contributed by atoms with Crippen LogP contribution in [0.4, 0.5) is 0 Å². The van der Waals surface area contributed by atoms with E-state index in [-0.39, 0.29) is 29.4 Å². The molecule has 0 unspecified atom stereocenters. The first-order valence-corrected chi connectivity index (χ1v) is 9.03. The Morgan fingerprint density at radius 1 is 1.28 bits per heavy atom. The zero-order valence-corrected chi connectivity index (χ0v) is 18.0. The van der Waals surface area contributed by atoms with Crippen molar-refractivity contribution in [2.75, 3.05) is 20.7 Å². The SMILES string of the molecule is CN=C(NCc1nc(C)cs1)NCC1(c2ccc(OC)cc2)CC1.I. The van der Waals surface area contributed by atoms with Crippen molar-refractivity contribution in [3.8, 4) is 5.75 Å². The van der Waals surface area contributed by atoms with E-state index in [9.17, 15) is 0 Å². The lowest BCUT2D eigenvalue weighted by molar-refractivity contribution is 0.414. The van der Waals surface area contributed by atoms with E-state index < -0.39 is 0 Å². The summed E-state index contributed by atoms with van der Waals surface area (Å²) in [5.41, 5.74) is 2.65. The molecule has 7 heteroatoms. The van der Waals surface area contributed by atoms with Gasteiger partial charge in [0.25, 0.3) is 0 Å². The number of halogens is 1. The van der Waals surface area contributed by atoms with E-state index in [1.807, 2.05) is 19.1 Å². The first-order valence-electron chi connectivity index (χ1n) is 8.15. The van der Waals surface area contributed by atoms with Gasteiger partial charge in [0.05, 0.1) is 13.7 Å². The van der Waals surface area contributed by atoms with Crippen LogP contribution in [-0.2, 0) is 12.0 Å². The molecular weight excluding hydrogens is 447 g/mol. The number of methoxy groups -OCH3 is 1. The number of ether oxygens (including phenoxy) is 1. The van der Waals surface area contributed by atoms with E-state index >= 15 is 0 Å². The summed E-state index contributed by atoms with van der Waals surface area (Å²) in [5.74, 6) is 1.72. The second-order valence-electron chi connectivity index (χ2n) is 6.17. The van der Waals surface area contributed by atoms with Gasteiger partial charge in [-0.15, -0.1) is 35.3 Å². The smallest absolute Gasteiger partial charge is 0.191 e. The van der Waals surface area contributed by atoms with Gasteiger partial charge >= 0.3 is 0 Å². The third kappa shape index (κ3) is 5.07. The van der Waals surface area contributed by atoms with Crippen LogP contribution in [0.5, 0.6) is 5.75 Å². The lowest BCUT2D eigenvalue weighted by Crippen LogP contribution is -2.40. The maximum Gasteiger partial charge on any atom is 0.191 e. The molecule has 1 aromatic carbocycles. The maximum atomic E-state index is 5.24. The Hall–Kier alpha value is -1.35. The van der Waals surface area contributed by atoms with Crippen LogP contribution in [0.3, 0.4) is 0 Å². The van der Waals surface area contributed by atoms with E-state index in [0.717, 1.165) is 29.0 Å². The van der Waals surface area contributed by atoms with Crippen molar-refractivity contribution in [2.45, 2.75) is 31.7 Å². The third-order valence-electron chi connectivity index (χ3n) is 4.45. The summed E-state index contributed by atoms with van der Waals surface area (Å²) >= 11 is 1.67. The number of rotatable bonds is 6. The molecule has 0 amide bonds. The van der Waals surface area contributed by atoms with Crippen molar-refractivity contribution >= 4 is 41.3 Å². The number of nitrogens with zero attached hydrogens (tertiary/aromatic N) is 2. The summed E-state index contributed by atoms with van der Waals surface area (Å²) in [7, 11) is 3.50. The molecule has 0 spiro atoms. The number of hydrogen-bond donors (Lipinski definition) is 2. The van der Waals surface area contributed by atoms with Crippen LogP contribution < -0.4 is 15.4 Å². The zero-order chi connectivity index (χ0) is 17.0. The fourth-order valence-electron chi connectivity index (χ4n) is 2.78. The van der Waals surface area contributed by atoms with E-state index in [2.05, 4.69) is 38.1 Å². The molecule has 2 aromatic rings. The number of nitrogens with one attached hydrogen (secondary N) is 2. The second kappa shape index (κ2) is 8.84. The van der Waals surface area contributed by atoms with Crippen molar-refractivity contribution in [3.63, 3.8) is 0 Å². The molecule has 0 bridgehead atoms. The molecule has 5 nitrogen and oxygen atoms in total. The van der Waals surface area contributed by atoms with Crippen LogP contribution in [0.25, 0.3) is 0 Å². The zero-order valence-electron chi connectivity index (χ0n) is 14.8. The minimum Gasteiger partial charge on any atom is -0.497 e. The molecule has 3 rings (SSSR count).